The highest BCUT2D eigenvalue weighted by Crippen LogP contribution is 2.30. The molecule has 1 aromatic carbocycles. The summed E-state index contributed by atoms with van der Waals surface area (Å²) in [7, 11) is 0. The summed E-state index contributed by atoms with van der Waals surface area (Å²) >= 11 is 6.24. The van der Waals surface area contributed by atoms with Crippen LogP contribution in [0.1, 0.15) is 31.7 Å². The predicted octanol–water partition coefficient (Wildman–Crippen LogP) is 2.90. The lowest BCUT2D eigenvalue weighted by molar-refractivity contribution is 0.133. The van der Waals surface area contributed by atoms with Gasteiger partial charge in [0.05, 0.1) is 0 Å². The molecule has 0 spiro atoms. The third-order valence-electron chi connectivity index (χ3n) is 4.77. The van der Waals surface area contributed by atoms with Crippen molar-refractivity contribution < 1.29 is 0 Å². The molecule has 2 aliphatic heterocycles. The van der Waals surface area contributed by atoms with Gasteiger partial charge in [0, 0.05) is 42.4 Å². The molecule has 0 saturated carbocycles. The van der Waals surface area contributed by atoms with Gasteiger partial charge in [0.1, 0.15) is 0 Å². The Hall–Kier alpha value is -0.770. The highest BCUT2D eigenvalue weighted by Gasteiger charge is 2.29. The minimum Gasteiger partial charge on any atom is -0.368 e. The molecule has 21 heavy (non-hydrogen) atoms. The fraction of sp³-hybridized carbons (Fsp3) is 0.647. The van der Waals surface area contributed by atoms with E-state index < -0.39 is 0 Å². The van der Waals surface area contributed by atoms with Crippen molar-refractivity contribution in [3.05, 3.63) is 28.8 Å². The Morgan fingerprint density at radius 1 is 1.29 bits per heavy atom. The summed E-state index contributed by atoms with van der Waals surface area (Å²) in [6, 6.07) is 7.15. The first kappa shape index (κ1) is 15.1. The lowest BCUT2D eigenvalue weighted by atomic mass is 9.98. The second-order valence-electron chi connectivity index (χ2n) is 6.59. The molecule has 0 aromatic heterocycles. The maximum Gasteiger partial charge on any atom is 0.0426 e. The second kappa shape index (κ2) is 6.55. The van der Waals surface area contributed by atoms with Crippen molar-refractivity contribution in [3.63, 3.8) is 0 Å². The number of hydrogen-bond donors (Lipinski definition) is 1. The van der Waals surface area contributed by atoms with Crippen LogP contribution < -0.4 is 10.6 Å². The van der Waals surface area contributed by atoms with Crippen LogP contribution in [0.2, 0.25) is 5.02 Å². The Labute approximate surface area is 133 Å². The number of piperidine rings is 1. The van der Waals surface area contributed by atoms with Gasteiger partial charge in [0.2, 0.25) is 0 Å². The summed E-state index contributed by atoms with van der Waals surface area (Å²) < 4.78 is 0. The molecular formula is C17H26ClN3. The first-order chi connectivity index (χ1) is 10.1. The number of piperazine rings is 1. The second-order valence-corrected chi connectivity index (χ2v) is 7.02. The Kier molecular flexibility index (Phi) is 4.72. The zero-order valence-electron chi connectivity index (χ0n) is 12.9. The van der Waals surface area contributed by atoms with Crippen LogP contribution in [0.25, 0.3) is 0 Å². The first-order valence-corrected chi connectivity index (χ1v) is 8.54. The molecule has 0 bridgehead atoms. The molecule has 2 unspecified atom stereocenters. The summed E-state index contributed by atoms with van der Waals surface area (Å²) in [6.07, 6.45) is 4.98. The van der Waals surface area contributed by atoms with Crippen LogP contribution in [0.4, 0.5) is 5.69 Å². The molecule has 2 saturated heterocycles. The van der Waals surface area contributed by atoms with E-state index in [1.54, 1.807) is 0 Å². The number of benzene rings is 1. The fourth-order valence-corrected chi connectivity index (χ4v) is 3.89. The molecule has 3 nitrogen and oxygen atoms in total. The molecule has 2 heterocycles. The number of anilines is 1. The zero-order chi connectivity index (χ0) is 14.8. The van der Waals surface area contributed by atoms with Gasteiger partial charge in [0.15, 0.2) is 0 Å². The van der Waals surface area contributed by atoms with E-state index in [4.69, 9.17) is 17.3 Å². The van der Waals surface area contributed by atoms with Crippen molar-refractivity contribution in [1.29, 1.82) is 0 Å². The maximum atomic E-state index is 6.24. The number of nitrogens with two attached hydrogens (primary N) is 1. The average Bonchev–Trinajstić information content (AvgIpc) is 2.48. The molecule has 2 N–H and O–H groups in total. The van der Waals surface area contributed by atoms with Gasteiger partial charge in [0.25, 0.3) is 0 Å². The summed E-state index contributed by atoms with van der Waals surface area (Å²) in [5.74, 6) is 0. The van der Waals surface area contributed by atoms with Crippen molar-refractivity contribution in [3.8, 4) is 0 Å². The molecule has 0 radical (unpaired) electrons. The largest absolute Gasteiger partial charge is 0.368 e. The third-order valence-corrected chi connectivity index (χ3v) is 5.00. The van der Waals surface area contributed by atoms with Crippen molar-refractivity contribution >= 4 is 17.3 Å². The maximum absolute atomic E-state index is 6.24. The van der Waals surface area contributed by atoms with Crippen molar-refractivity contribution in [2.45, 2.75) is 44.7 Å². The minimum absolute atomic E-state index is 0.181. The quantitative estimate of drug-likeness (QED) is 0.932. The van der Waals surface area contributed by atoms with Gasteiger partial charge in [-0.2, -0.15) is 0 Å². The van der Waals surface area contributed by atoms with Gasteiger partial charge in [-0.05, 0) is 50.4 Å². The van der Waals surface area contributed by atoms with Crippen LogP contribution in [-0.2, 0) is 6.42 Å². The van der Waals surface area contributed by atoms with Gasteiger partial charge in [-0.3, -0.25) is 4.90 Å². The van der Waals surface area contributed by atoms with E-state index in [2.05, 4.69) is 28.9 Å². The van der Waals surface area contributed by atoms with E-state index in [0.717, 1.165) is 30.6 Å². The highest BCUT2D eigenvalue weighted by atomic mass is 35.5. The predicted molar refractivity (Wildman–Crippen MR) is 90.2 cm³/mol. The topological polar surface area (TPSA) is 32.5 Å². The Morgan fingerprint density at radius 3 is 2.95 bits per heavy atom. The van der Waals surface area contributed by atoms with E-state index in [-0.39, 0.29) is 6.04 Å². The zero-order valence-corrected chi connectivity index (χ0v) is 13.6. The summed E-state index contributed by atoms with van der Waals surface area (Å²) in [5, 5.41) is 0.824. The highest BCUT2D eigenvalue weighted by molar-refractivity contribution is 6.30. The van der Waals surface area contributed by atoms with Crippen molar-refractivity contribution in [2.75, 3.05) is 31.1 Å². The molecule has 0 amide bonds. The number of nitrogens with zero attached hydrogens (tertiary/aromatic N) is 2. The van der Waals surface area contributed by atoms with Crippen molar-refractivity contribution in [1.82, 2.24) is 4.90 Å². The first-order valence-electron chi connectivity index (χ1n) is 8.16. The summed E-state index contributed by atoms with van der Waals surface area (Å²) in [6.45, 7) is 6.75. The Bertz CT molecular complexity index is 489. The molecule has 4 heteroatoms. The van der Waals surface area contributed by atoms with Gasteiger partial charge < -0.3 is 10.6 Å². The van der Waals surface area contributed by atoms with Crippen LogP contribution in [0.15, 0.2) is 18.2 Å². The van der Waals surface area contributed by atoms with Crippen LogP contribution >= 0.6 is 11.6 Å². The molecule has 2 fully saturated rings. The molecule has 1 aromatic rings. The molecule has 2 atom stereocenters. The number of rotatable bonds is 3. The molecule has 116 valence electrons. The summed E-state index contributed by atoms with van der Waals surface area (Å²) in [5.41, 5.74) is 8.64. The standard InChI is InChI=1S/C17H26ClN3/c1-13(19)10-14-5-6-15(18)11-17(14)21-9-8-20-7-3-2-4-16(20)12-21/h5-6,11,13,16H,2-4,7-10,12,19H2,1H3. The molecule has 0 aliphatic carbocycles. The SMILES string of the molecule is CC(N)Cc1ccc(Cl)cc1N1CCN2CCCCC2C1. The Morgan fingerprint density at radius 2 is 2.14 bits per heavy atom. The van der Waals surface area contributed by atoms with Crippen LogP contribution in [0.5, 0.6) is 0 Å². The van der Waals surface area contributed by atoms with Gasteiger partial charge in [-0.15, -0.1) is 0 Å². The average molecular weight is 308 g/mol. The van der Waals surface area contributed by atoms with Crippen LogP contribution in [0.3, 0.4) is 0 Å². The van der Waals surface area contributed by atoms with E-state index in [1.165, 1.54) is 43.6 Å². The van der Waals surface area contributed by atoms with E-state index >= 15 is 0 Å². The van der Waals surface area contributed by atoms with Gasteiger partial charge >= 0.3 is 0 Å². The van der Waals surface area contributed by atoms with E-state index in [9.17, 15) is 0 Å². The number of hydrogen-bond acceptors (Lipinski definition) is 3. The lowest BCUT2D eigenvalue weighted by Gasteiger charge is -2.45. The Balaban J connectivity index is 1.80. The van der Waals surface area contributed by atoms with Gasteiger partial charge in [-0.25, -0.2) is 0 Å². The van der Waals surface area contributed by atoms with E-state index in [1.807, 2.05) is 6.07 Å². The molecule has 2 aliphatic rings. The minimum atomic E-state index is 0.181. The number of halogens is 1. The van der Waals surface area contributed by atoms with Crippen molar-refractivity contribution in [2.24, 2.45) is 5.73 Å². The number of fused-ring (bicyclic) bond motifs is 1. The molecular weight excluding hydrogens is 282 g/mol. The normalized spacial score (nSPS) is 24.7. The van der Waals surface area contributed by atoms with Crippen LogP contribution in [0, 0.1) is 0 Å². The fourth-order valence-electron chi connectivity index (χ4n) is 3.73. The summed E-state index contributed by atoms with van der Waals surface area (Å²) in [4.78, 5) is 5.19. The van der Waals surface area contributed by atoms with E-state index in [0.29, 0.717) is 0 Å². The third kappa shape index (κ3) is 3.53. The van der Waals surface area contributed by atoms with Gasteiger partial charge in [-0.1, -0.05) is 24.1 Å². The smallest absolute Gasteiger partial charge is 0.0426 e. The molecule has 3 rings (SSSR count). The van der Waals surface area contributed by atoms with Crippen LogP contribution in [-0.4, -0.2) is 43.2 Å². The lowest BCUT2D eigenvalue weighted by Crippen LogP contribution is -2.55. The monoisotopic (exact) mass is 307 g/mol.